The Kier molecular flexibility index (Phi) is 9.10. The first-order valence-electron chi connectivity index (χ1n) is 16.1. The smallest absolute Gasteiger partial charge is 0.0449 e. The zero-order valence-electron chi connectivity index (χ0n) is 25.9. The number of benzene rings is 8. The van der Waals surface area contributed by atoms with Crippen LogP contribution in [0.25, 0.3) is 43.1 Å². The van der Waals surface area contributed by atoms with Gasteiger partial charge in [-0.2, -0.15) is 0 Å². The van der Waals surface area contributed by atoms with Crippen LogP contribution in [0.5, 0.6) is 0 Å². The summed E-state index contributed by atoms with van der Waals surface area (Å²) in [4.78, 5) is 0. The van der Waals surface area contributed by atoms with Crippen molar-refractivity contribution in [3.8, 4) is 0 Å². The van der Waals surface area contributed by atoms with Gasteiger partial charge in [0.15, 0.2) is 0 Å². The number of fused-ring (bicyclic) bond motifs is 4. The van der Waals surface area contributed by atoms with Crippen LogP contribution in [0.1, 0.15) is 22.7 Å². The molecule has 46 heavy (non-hydrogen) atoms. The van der Waals surface area contributed by atoms with E-state index in [4.69, 9.17) is 0 Å². The third-order valence-corrected chi connectivity index (χ3v) is 8.81. The molecule has 0 unspecified atom stereocenters. The fourth-order valence-corrected chi connectivity index (χ4v) is 6.54. The van der Waals surface area contributed by atoms with Crippen molar-refractivity contribution in [3.05, 3.63) is 193 Å². The largest absolute Gasteiger partial charge is 0.311 e. The lowest BCUT2D eigenvalue weighted by Gasteiger charge is -2.22. The van der Waals surface area contributed by atoms with Crippen molar-refractivity contribution in [2.24, 2.45) is 0 Å². The highest BCUT2D eigenvalue weighted by Gasteiger charge is 2.15. The second-order valence-electron chi connectivity index (χ2n) is 11.7. The zero-order chi connectivity index (χ0) is 31.0. The summed E-state index contributed by atoms with van der Waals surface area (Å²) in [7, 11) is 0. The number of hydrogen-bond acceptors (Lipinski definition) is 2. The molecule has 8 aromatic carbocycles. The van der Waals surface area contributed by atoms with Crippen molar-refractivity contribution >= 4 is 43.1 Å². The van der Waals surface area contributed by atoms with Gasteiger partial charge in [-0.1, -0.05) is 164 Å². The highest BCUT2D eigenvalue weighted by atomic mass is 15.0. The maximum Gasteiger partial charge on any atom is 0.0449 e. The van der Waals surface area contributed by atoms with Gasteiger partial charge in [-0.25, -0.2) is 0 Å². The summed E-state index contributed by atoms with van der Waals surface area (Å²) in [6.45, 7) is 2.43. The van der Waals surface area contributed by atoms with Crippen molar-refractivity contribution in [2.75, 3.05) is 6.54 Å². The molecule has 0 aliphatic rings. The van der Waals surface area contributed by atoms with Crippen LogP contribution in [0.15, 0.2) is 176 Å². The van der Waals surface area contributed by atoms with Crippen molar-refractivity contribution in [3.63, 3.8) is 0 Å². The second kappa shape index (κ2) is 14.2. The molecule has 0 spiro atoms. The molecule has 2 heteroatoms. The molecule has 8 rings (SSSR count). The molecule has 0 radical (unpaired) electrons. The van der Waals surface area contributed by atoms with E-state index in [-0.39, 0.29) is 6.04 Å². The van der Waals surface area contributed by atoms with Crippen LogP contribution in [0.2, 0.25) is 0 Å². The molecule has 1 atom stereocenters. The first kappa shape index (κ1) is 29.4. The van der Waals surface area contributed by atoms with E-state index in [0.29, 0.717) is 0 Å². The van der Waals surface area contributed by atoms with Crippen molar-refractivity contribution in [2.45, 2.75) is 19.1 Å². The molecule has 2 N–H and O–H groups in total. The lowest BCUT2D eigenvalue weighted by atomic mass is 9.96. The molecule has 0 aliphatic heterocycles. The molecule has 0 aromatic heterocycles. The molecular formula is C44H38N2. The number of nitrogens with one attached hydrogen (secondary N) is 2. The average Bonchev–Trinajstić information content (AvgIpc) is 3.13. The van der Waals surface area contributed by atoms with Gasteiger partial charge < -0.3 is 10.6 Å². The first-order valence-corrected chi connectivity index (χ1v) is 16.1. The summed E-state index contributed by atoms with van der Waals surface area (Å²) in [5.74, 6) is 0. The van der Waals surface area contributed by atoms with Crippen LogP contribution in [-0.4, -0.2) is 6.54 Å². The van der Waals surface area contributed by atoms with E-state index in [1.165, 1.54) is 59.8 Å². The molecule has 0 amide bonds. The maximum atomic E-state index is 3.93. The average molecular weight is 595 g/mol. The Bertz CT molecular complexity index is 2050. The van der Waals surface area contributed by atoms with E-state index >= 15 is 0 Å². The van der Waals surface area contributed by atoms with E-state index in [1.807, 2.05) is 36.4 Å². The van der Waals surface area contributed by atoms with Gasteiger partial charge in [0.05, 0.1) is 0 Å². The van der Waals surface area contributed by atoms with Gasteiger partial charge in [-0.15, -0.1) is 0 Å². The molecule has 0 saturated heterocycles. The van der Waals surface area contributed by atoms with E-state index in [2.05, 4.69) is 150 Å². The summed E-state index contributed by atoms with van der Waals surface area (Å²) in [5.41, 5.74) is 4.01. The minimum absolute atomic E-state index is 0.167. The van der Waals surface area contributed by atoms with Crippen LogP contribution in [-0.2, 0) is 13.1 Å². The van der Waals surface area contributed by atoms with Crippen molar-refractivity contribution in [1.29, 1.82) is 0 Å². The van der Waals surface area contributed by atoms with Gasteiger partial charge in [0.1, 0.15) is 0 Å². The summed E-state index contributed by atoms with van der Waals surface area (Å²) in [5, 5.41) is 18.2. The van der Waals surface area contributed by atoms with Crippen molar-refractivity contribution < 1.29 is 0 Å². The van der Waals surface area contributed by atoms with Gasteiger partial charge in [-0.3, -0.25) is 0 Å². The third kappa shape index (κ3) is 6.55. The van der Waals surface area contributed by atoms with E-state index < -0.39 is 0 Å². The fraction of sp³-hybridized carbons (Fsp3) is 0.0909. The molecule has 0 heterocycles. The van der Waals surface area contributed by atoms with Gasteiger partial charge in [0, 0.05) is 25.7 Å². The minimum atomic E-state index is 0.167. The molecule has 0 aliphatic carbocycles. The van der Waals surface area contributed by atoms with Crippen LogP contribution >= 0.6 is 0 Å². The Morgan fingerprint density at radius 2 is 0.717 bits per heavy atom. The highest BCUT2D eigenvalue weighted by Crippen LogP contribution is 2.30. The highest BCUT2D eigenvalue weighted by molar-refractivity contribution is 6.03. The Morgan fingerprint density at radius 1 is 0.370 bits per heavy atom. The molecule has 224 valence electrons. The Labute approximate surface area is 271 Å². The molecule has 0 bridgehead atoms. The fourth-order valence-electron chi connectivity index (χ4n) is 6.54. The van der Waals surface area contributed by atoms with Crippen LogP contribution in [0, 0.1) is 0 Å². The van der Waals surface area contributed by atoms with E-state index in [0.717, 1.165) is 19.6 Å². The first-order chi connectivity index (χ1) is 22.8. The minimum Gasteiger partial charge on any atom is -0.311 e. The number of hydrogen-bond donors (Lipinski definition) is 2. The second-order valence-corrected chi connectivity index (χ2v) is 11.7. The lowest BCUT2D eigenvalue weighted by molar-refractivity contribution is 0.490. The summed E-state index contributed by atoms with van der Waals surface area (Å²) >= 11 is 0. The zero-order valence-corrected chi connectivity index (χ0v) is 25.9. The van der Waals surface area contributed by atoms with Gasteiger partial charge in [0.25, 0.3) is 0 Å². The van der Waals surface area contributed by atoms with E-state index in [1.54, 1.807) is 0 Å². The number of rotatable bonds is 8. The molecule has 0 saturated carbocycles. The molecule has 0 fully saturated rings. The molecular weight excluding hydrogens is 556 g/mol. The lowest BCUT2D eigenvalue weighted by Crippen LogP contribution is -2.31. The van der Waals surface area contributed by atoms with Gasteiger partial charge >= 0.3 is 0 Å². The molecule has 8 aromatic rings. The predicted molar refractivity (Wildman–Crippen MR) is 197 cm³/mol. The Hall–Kier alpha value is -5.28. The SMILES string of the molecule is c1ccc([C@@H](CNCc2c3ccccc3cc3ccccc23)NCc2c3ccccc3cc3ccccc23)cc1.c1ccccc1. The van der Waals surface area contributed by atoms with Crippen LogP contribution in [0.3, 0.4) is 0 Å². The third-order valence-electron chi connectivity index (χ3n) is 8.81. The summed E-state index contributed by atoms with van der Waals surface area (Å²) in [6, 6.07) is 62.5. The standard InChI is InChI=1S/C38H32N2.C6H6/c1-2-12-27(13-3-1)38(40-25-37-34-20-10-6-16-30(34)23-31-17-7-11-21-35(31)37)26-39-24-36-32-18-8-4-14-28(32)22-29-15-5-9-19-33(29)36;1-2-4-6-5-3-1/h1-23,38-40H,24-26H2;1-6H/t38-;/m1./s1. The Balaban J connectivity index is 0.000000508. The Morgan fingerprint density at radius 3 is 1.15 bits per heavy atom. The van der Waals surface area contributed by atoms with Gasteiger partial charge in [0.2, 0.25) is 0 Å². The summed E-state index contributed by atoms with van der Waals surface area (Å²) in [6.07, 6.45) is 0. The van der Waals surface area contributed by atoms with Crippen LogP contribution < -0.4 is 10.6 Å². The topological polar surface area (TPSA) is 24.1 Å². The maximum absolute atomic E-state index is 3.93. The predicted octanol–water partition coefficient (Wildman–Crippen LogP) is 10.6. The summed E-state index contributed by atoms with van der Waals surface area (Å²) < 4.78 is 0. The quantitative estimate of drug-likeness (QED) is 0.171. The van der Waals surface area contributed by atoms with E-state index in [9.17, 15) is 0 Å². The van der Waals surface area contributed by atoms with Crippen molar-refractivity contribution in [1.82, 2.24) is 10.6 Å². The molecule has 2 nitrogen and oxygen atoms in total. The normalized spacial score (nSPS) is 11.8. The van der Waals surface area contributed by atoms with Crippen LogP contribution in [0.4, 0.5) is 0 Å². The monoisotopic (exact) mass is 594 g/mol. The van der Waals surface area contributed by atoms with Gasteiger partial charge in [-0.05, 0) is 71.9 Å².